The van der Waals surface area contributed by atoms with Crippen molar-refractivity contribution < 1.29 is 32.2 Å². The average Bonchev–Trinajstić information content (AvgIpc) is 2.99. The first kappa shape index (κ1) is 32.3. The molecular weight excluding hydrogens is 617 g/mol. The first-order valence-corrected chi connectivity index (χ1v) is 15.3. The quantitative estimate of drug-likeness (QED) is 0.280. The predicted molar refractivity (Wildman–Crippen MR) is 167 cm³/mol. The topological polar surface area (TPSA) is 160 Å². The molecule has 0 spiro atoms. The van der Waals surface area contributed by atoms with Gasteiger partial charge >= 0.3 is 0 Å². The zero-order valence-electron chi connectivity index (χ0n) is 25.9. The number of fused-ring (bicyclic) bond motifs is 1. The summed E-state index contributed by atoms with van der Waals surface area (Å²) >= 11 is 0. The van der Waals surface area contributed by atoms with Gasteiger partial charge in [-0.1, -0.05) is 19.9 Å². The number of piperidine rings is 1. The minimum Gasteiger partial charge on any atom is -0.482 e. The summed E-state index contributed by atoms with van der Waals surface area (Å²) in [4.78, 5) is 41.6. The Morgan fingerprint density at radius 2 is 1.89 bits per heavy atom. The van der Waals surface area contributed by atoms with E-state index in [0.717, 1.165) is 18.6 Å². The number of pyridine rings is 1. The minimum absolute atomic E-state index is 0.0114. The average molecular weight is 653 g/mol. The molecule has 2 saturated heterocycles. The molecule has 3 aromatic rings. The van der Waals surface area contributed by atoms with Gasteiger partial charge in [-0.25, -0.2) is 28.1 Å². The number of benzene rings is 1. The normalized spacial score (nSPS) is 21.6. The minimum atomic E-state index is -1.58. The molecule has 2 unspecified atom stereocenters. The maximum absolute atomic E-state index is 15.5. The fourth-order valence-corrected chi connectivity index (χ4v) is 6.14. The van der Waals surface area contributed by atoms with Crippen LogP contribution < -0.4 is 20.7 Å². The van der Waals surface area contributed by atoms with Crippen molar-refractivity contribution in [3.8, 4) is 16.9 Å². The van der Waals surface area contributed by atoms with Crippen LogP contribution in [-0.2, 0) is 22.5 Å². The van der Waals surface area contributed by atoms with Crippen LogP contribution in [0.25, 0.3) is 11.1 Å². The zero-order chi connectivity index (χ0) is 33.4. The lowest BCUT2D eigenvalue weighted by molar-refractivity contribution is -0.121. The SMILES string of the molecule is CC(C)Cc1nc(NC2C(F)CN(C3COC3)CC2F)c(C=N)c(-c2ccc3c(c2)OCC(=O)N3Cc2ncc(F)cn2)c1C(N)=O. The maximum Gasteiger partial charge on any atom is 0.265 e. The number of nitrogens with one attached hydrogen (secondary N) is 2. The number of hydrogen-bond donors (Lipinski definition) is 3. The highest BCUT2D eigenvalue weighted by Gasteiger charge is 2.42. The van der Waals surface area contributed by atoms with Crippen LogP contribution in [0.2, 0.25) is 0 Å². The van der Waals surface area contributed by atoms with Crippen LogP contribution in [0.5, 0.6) is 5.75 Å². The molecule has 0 aliphatic carbocycles. The molecule has 0 bridgehead atoms. The molecule has 12 nitrogen and oxygen atoms in total. The molecule has 2 aromatic heterocycles. The molecule has 5 heterocycles. The van der Waals surface area contributed by atoms with Crippen LogP contribution in [0.15, 0.2) is 30.6 Å². The highest BCUT2D eigenvalue weighted by Crippen LogP contribution is 2.41. The van der Waals surface area contributed by atoms with Crippen molar-refractivity contribution in [2.45, 2.75) is 51.2 Å². The molecule has 3 aliphatic heterocycles. The second-order valence-electron chi connectivity index (χ2n) is 12.3. The number of amides is 2. The summed E-state index contributed by atoms with van der Waals surface area (Å²) < 4.78 is 55.4. The Kier molecular flexibility index (Phi) is 9.10. The molecule has 1 aromatic carbocycles. The number of hydrogen-bond acceptors (Lipinski definition) is 10. The van der Waals surface area contributed by atoms with E-state index < -0.39 is 30.1 Å². The smallest absolute Gasteiger partial charge is 0.265 e. The van der Waals surface area contributed by atoms with Crippen LogP contribution in [-0.4, -0.2) is 95.2 Å². The van der Waals surface area contributed by atoms with Gasteiger partial charge in [0.25, 0.3) is 11.8 Å². The summed E-state index contributed by atoms with van der Waals surface area (Å²) in [6.45, 7) is 4.41. The van der Waals surface area contributed by atoms with Crippen molar-refractivity contribution in [1.82, 2.24) is 19.9 Å². The molecule has 15 heteroatoms. The molecule has 2 amide bonds. The van der Waals surface area contributed by atoms with Gasteiger partial charge in [0.1, 0.15) is 29.7 Å². The molecular formula is C32H35F3N8O4. The van der Waals surface area contributed by atoms with Gasteiger partial charge in [0, 0.05) is 30.4 Å². The molecule has 4 N–H and O–H groups in total. The standard InChI is InChI=1S/C32H35F3N8O4/c1-16(2)5-23-29(31(37)45)28(20(7-36)32(40-23)41-30-21(34)10-42(11-22(30)35)19-13-46-14-19)17-3-4-24-25(6-17)47-15-27(44)43(24)12-26-38-8-18(33)9-39-26/h3-4,6-9,16,19,21-22,30,36H,5,10-15H2,1-2H3,(H2,37,45)(H,40,41). The van der Waals surface area contributed by atoms with E-state index in [4.69, 9.17) is 20.6 Å². The first-order chi connectivity index (χ1) is 22.5. The van der Waals surface area contributed by atoms with Gasteiger partial charge in [-0.2, -0.15) is 0 Å². The Balaban J connectivity index is 1.41. The van der Waals surface area contributed by atoms with Gasteiger partial charge in [-0.3, -0.25) is 19.4 Å². The fraction of sp³-hybridized carbons (Fsp3) is 0.438. The zero-order valence-corrected chi connectivity index (χ0v) is 25.9. The van der Waals surface area contributed by atoms with E-state index in [0.29, 0.717) is 36.6 Å². The summed E-state index contributed by atoms with van der Waals surface area (Å²) in [6.07, 6.45) is 0.136. The molecule has 0 saturated carbocycles. The Hall–Kier alpha value is -4.63. The Labute approximate surface area is 269 Å². The Bertz CT molecular complexity index is 1680. The number of nitrogens with zero attached hydrogens (tertiary/aromatic N) is 5. The van der Waals surface area contributed by atoms with Crippen molar-refractivity contribution in [1.29, 1.82) is 5.41 Å². The lowest BCUT2D eigenvalue weighted by Crippen LogP contribution is -2.61. The molecule has 2 fully saturated rings. The van der Waals surface area contributed by atoms with Gasteiger partial charge < -0.3 is 25.9 Å². The van der Waals surface area contributed by atoms with Crippen molar-refractivity contribution in [3.05, 3.63) is 59.1 Å². The lowest BCUT2D eigenvalue weighted by atomic mass is 9.90. The number of ether oxygens (including phenoxy) is 2. The van der Waals surface area contributed by atoms with E-state index in [1.165, 1.54) is 4.90 Å². The maximum atomic E-state index is 15.5. The second kappa shape index (κ2) is 13.2. The largest absolute Gasteiger partial charge is 0.482 e. The number of halogens is 3. The molecule has 0 radical (unpaired) electrons. The van der Waals surface area contributed by atoms with E-state index >= 15 is 8.78 Å². The number of alkyl halides is 2. The Morgan fingerprint density at radius 3 is 2.49 bits per heavy atom. The number of anilines is 2. The number of carbonyl (C=O) groups excluding carboxylic acids is 2. The Morgan fingerprint density at radius 1 is 1.19 bits per heavy atom. The van der Waals surface area contributed by atoms with Crippen molar-refractivity contribution in [3.63, 3.8) is 0 Å². The van der Waals surface area contributed by atoms with Crippen molar-refractivity contribution in [2.75, 3.05) is 43.1 Å². The lowest BCUT2D eigenvalue weighted by Gasteiger charge is -2.44. The summed E-state index contributed by atoms with van der Waals surface area (Å²) in [5, 5.41) is 11.3. The van der Waals surface area contributed by atoms with E-state index in [1.807, 2.05) is 13.8 Å². The monoisotopic (exact) mass is 652 g/mol. The molecule has 47 heavy (non-hydrogen) atoms. The number of likely N-dealkylation sites (tertiary alicyclic amines) is 1. The number of aromatic nitrogens is 3. The van der Waals surface area contributed by atoms with E-state index in [-0.39, 0.29) is 78.2 Å². The molecule has 248 valence electrons. The van der Waals surface area contributed by atoms with Gasteiger partial charge in [0.2, 0.25) is 0 Å². The number of carbonyl (C=O) groups is 2. The number of nitrogens with two attached hydrogens (primary N) is 1. The van der Waals surface area contributed by atoms with Gasteiger partial charge in [0.05, 0.1) is 61.2 Å². The first-order valence-electron chi connectivity index (χ1n) is 15.3. The van der Waals surface area contributed by atoms with Crippen LogP contribution >= 0.6 is 0 Å². The fourth-order valence-electron chi connectivity index (χ4n) is 6.14. The second-order valence-corrected chi connectivity index (χ2v) is 12.3. The van der Waals surface area contributed by atoms with E-state index in [9.17, 15) is 14.0 Å². The highest BCUT2D eigenvalue weighted by atomic mass is 19.1. The van der Waals surface area contributed by atoms with E-state index in [1.54, 1.807) is 23.1 Å². The third-order valence-electron chi connectivity index (χ3n) is 8.50. The van der Waals surface area contributed by atoms with Gasteiger partial charge in [-0.05, 0) is 30.0 Å². The van der Waals surface area contributed by atoms with Crippen molar-refractivity contribution >= 4 is 29.5 Å². The highest BCUT2D eigenvalue weighted by molar-refractivity contribution is 6.08. The predicted octanol–water partition coefficient (Wildman–Crippen LogP) is 3.07. The van der Waals surface area contributed by atoms with Crippen molar-refractivity contribution in [2.24, 2.45) is 11.7 Å². The summed E-state index contributed by atoms with van der Waals surface area (Å²) in [6, 6.07) is 3.56. The summed E-state index contributed by atoms with van der Waals surface area (Å²) in [5.74, 6) is -1.19. The molecule has 3 aliphatic rings. The van der Waals surface area contributed by atoms with Gasteiger partial charge in [0.15, 0.2) is 12.4 Å². The third-order valence-corrected chi connectivity index (χ3v) is 8.50. The van der Waals surface area contributed by atoms with Crippen LogP contribution in [0, 0.1) is 17.1 Å². The van der Waals surface area contributed by atoms with Crippen LogP contribution in [0.3, 0.4) is 0 Å². The number of rotatable bonds is 10. The van der Waals surface area contributed by atoms with E-state index in [2.05, 4.69) is 20.3 Å². The molecule has 6 rings (SSSR count). The van der Waals surface area contributed by atoms with Crippen LogP contribution in [0.1, 0.15) is 41.3 Å². The van der Waals surface area contributed by atoms with Gasteiger partial charge in [-0.15, -0.1) is 0 Å². The number of primary amides is 1. The summed E-state index contributed by atoms with van der Waals surface area (Å²) in [5.41, 5.74) is 7.47. The van der Waals surface area contributed by atoms with Crippen LogP contribution in [0.4, 0.5) is 24.7 Å². The third kappa shape index (κ3) is 6.49. The summed E-state index contributed by atoms with van der Waals surface area (Å²) in [7, 11) is 0. The molecule has 2 atom stereocenters.